The van der Waals surface area contributed by atoms with Gasteiger partial charge in [-0.15, -0.1) is 0 Å². The summed E-state index contributed by atoms with van der Waals surface area (Å²) in [7, 11) is 0. The molecule has 1 amide bonds. The van der Waals surface area contributed by atoms with Crippen LogP contribution in [0.2, 0.25) is 0 Å². The first-order chi connectivity index (χ1) is 12.2. The van der Waals surface area contributed by atoms with Gasteiger partial charge in [-0.2, -0.15) is 5.10 Å². The fraction of sp³-hybridized carbons (Fsp3) is 0.562. The van der Waals surface area contributed by atoms with Crippen LogP contribution in [0.1, 0.15) is 50.1 Å². The molecule has 0 spiro atoms. The van der Waals surface area contributed by atoms with Gasteiger partial charge in [0.1, 0.15) is 17.7 Å². The molecular formula is C16H22N6O4. The fourth-order valence-corrected chi connectivity index (χ4v) is 3.05. The molecule has 3 rings (SSSR count). The van der Waals surface area contributed by atoms with Crippen LogP contribution in [0.3, 0.4) is 0 Å². The molecule has 1 atom stereocenters. The van der Waals surface area contributed by atoms with Crippen LogP contribution < -0.4 is 5.73 Å². The van der Waals surface area contributed by atoms with Gasteiger partial charge in [0.25, 0.3) is 0 Å². The summed E-state index contributed by atoms with van der Waals surface area (Å²) in [6.45, 7) is 6.37. The van der Waals surface area contributed by atoms with Gasteiger partial charge in [-0.25, -0.2) is 24.2 Å². The highest BCUT2D eigenvalue weighted by Gasteiger charge is 2.31. The van der Waals surface area contributed by atoms with Crippen molar-refractivity contribution in [3.63, 3.8) is 0 Å². The second kappa shape index (κ2) is 6.43. The minimum absolute atomic E-state index is 0.0680. The average Bonchev–Trinajstić information content (AvgIpc) is 2.95. The number of rotatable bonds is 2. The molecule has 2 aromatic rings. The lowest BCUT2D eigenvalue weighted by atomic mass is 10.1. The average molecular weight is 362 g/mol. The van der Waals surface area contributed by atoms with E-state index in [4.69, 9.17) is 10.5 Å². The lowest BCUT2D eigenvalue weighted by Gasteiger charge is -2.34. The third kappa shape index (κ3) is 3.39. The molecule has 26 heavy (non-hydrogen) atoms. The summed E-state index contributed by atoms with van der Waals surface area (Å²) in [6.07, 6.45) is 2.36. The molecule has 0 saturated carbocycles. The number of fused-ring (bicyclic) bond motifs is 1. The lowest BCUT2D eigenvalue weighted by molar-refractivity contribution is 0.0168. The summed E-state index contributed by atoms with van der Waals surface area (Å²) < 4.78 is 6.96. The number of aromatic nitrogens is 4. The number of piperidine rings is 1. The number of hydrogen-bond donors (Lipinski definition) is 2. The Labute approximate surface area is 149 Å². The van der Waals surface area contributed by atoms with Gasteiger partial charge in [0.2, 0.25) is 0 Å². The van der Waals surface area contributed by atoms with Crippen molar-refractivity contribution in [3.05, 3.63) is 12.0 Å². The molecule has 140 valence electrons. The van der Waals surface area contributed by atoms with Crippen molar-refractivity contribution < 1.29 is 19.4 Å². The number of likely N-dealkylation sites (tertiary alicyclic amines) is 1. The van der Waals surface area contributed by atoms with Crippen LogP contribution in [0, 0.1) is 0 Å². The molecular weight excluding hydrogens is 340 g/mol. The largest absolute Gasteiger partial charge is 0.476 e. The van der Waals surface area contributed by atoms with E-state index in [2.05, 4.69) is 15.1 Å². The van der Waals surface area contributed by atoms with Crippen molar-refractivity contribution in [3.8, 4) is 0 Å². The summed E-state index contributed by atoms with van der Waals surface area (Å²) in [6, 6.07) is -0.221. The molecule has 0 aliphatic carbocycles. The predicted octanol–water partition coefficient (Wildman–Crippen LogP) is 1.68. The predicted molar refractivity (Wildman–Crippen MR) is 92.8 cm³/mol. The summed E-state index contributed by atoms with van der Waals surface area (Å²) in [5, 5.41) is 13.8. The van der Waals surface area contributed by atoms with Gasteiger partial charge < -0.3 is 20.5 Å². The first-order valence-electron chi connectivity index (χ1n) is 8.37. The van der Waals surface area contributed by atoms with E-state index in [0.29, 0.717) is 18.7 Å². The molecule has 0 unspecified atom stereocenters. The van der Waals surface area contributed by atoms with Gasteiger partial charge >= 0.3 is 12.1 Å². The number of nitrogen functional groups attached to an aromatic ring is 1. The number of ether oxygens (including phenoxy) is 1. The zero-order valence-electron chi connectivity index (χ0n) is 15.0. The van der Waals surface area contributed by atoms with Crippen LogP contribution in [0.25, 0.3) is 11.0 Å². The fourth-order valence-electron chi connectivity index (χ4n) is 3.05. The van der Waals surface area contributed by atoms with Crippen LogP contribution >= 0.6 is 0 Å². The number of nitrogens with two attached hydrogens (primary N) is 1. The second-order valence-corrected chi connectivity index (χ2v) is 7.28. The Balaban J connectivity index is 1.93. The summed E-state index contributed by atoms with van der Waals surface area (Å²) in [4.78, 5) is 33.5. The van der Waals surface area contributed by atoms with Gasteiger partial charge in [0, 0.05) is 13.1 Å². The Bertz CT molecular complexity index is 856. The number of carbonyl (C=O) groups is 2. The number of carbonyl (C=O) groups excluding carboxylic acids is 1. The number of carboxylic acids is 1. The molecule has 3 heterocycles. The van der Waals surface area contributed by atoms with Gasteiger partial charge in [-0.1, -0.05) is 0 Å². The molecule has 10 nitrogen and oxygen atoms in total. The maximum atomic E-state index is 12.4. The van der Waals surface area contributed by atoms with Crippen LogP contribution in [-0.2, 0) is 4.74 Å². The Morgan fingerprint density at radius 2 is 2.08 bits per heavy atom. The number of hydrogen-bond acceptors (Lipinski definition) is 7. The van der Waals surface area contributed by atoms with E-state index in [1.807, 2.05) is 20.8 Å². The smallest absolute Gasteiger partial charge is 0.410 e. The van der Waals surface area contributed by atoms with E-state index in [1.54, 1.807) is 4.90 Å². The zero-order valence-corrected chi connectivity index (χ0v) is 15.0. The molecule has 1 aliphatic heterocycles. The quantitative estimate of drug-likeness (QED) is 0.823. The number of carboxylic acid groups (broad SMARTS) is 1. The molecule has 0 aromatic carbocycles. The summed E-state index contributed by atoms with van der Waals surface area (Å²) in [5.74, 6) is -1.13. The molecule has 10 heteroatoms. The van der Waals surface area contributed by atoms with Crippen molar-refractivity contribution in [2.24, 2.45) is 0 Å². The third-order valence-corrected chi connectivity index (χ3v) is 4.11. The topological polar surface area (TPSA) is 136 Å². The van der Waals surface area contributed by atoms with Crippen molar-refractivity contribution in [2.75, 3.05) is 18.8 Å². The Hall–Kier alpha value is -2.91. The highest BCUT2D eigenvalue weighted by atomic mass is 16.6. The molecule has 0 radical (unpaired) electrons. The van der Waals surface area contributed by atoms with Crippen molar-refractivity contribution in [2.45, 2.75) is 45.3 Å². The van der Waals surface area contributed by atoms with Gasteiger partial charge in [-0.05, 0) is 33.6 Å². The van der Waals surface area contributed by atoms with Gasteiger partial charge in [0.05, 0.1) is 11.4 Å². The molecule has 1 fully saturated rings. The van der Waals surface area contributed by atoms with Crippen molar-refractivity contribution >= 4 is 28.9 Å². The maximum absolute atomic E-state index is 12.4. The van der Waals surface area contributed by atoms with Crippen LogP contribution in [0.4, 0.5) is 10.6 Å². The van der Waals surface area contributed by atoms with E-state index in [9.17, 15) is 14.7 Å². The SMILES string of the molecule is CC(C)(C)OC(=O)N1CCC[C@@H](n2nc(C(=O)O)c3c(N)ncnc32)C1. The van der Waals surface area contributed by atoms with E-state index in [0.717, 1.165) is 12.8 Å². The molecule has 2 aromatic heterocycles. The number of anilines is 1. The monoisotopic (exact) mass is 362 g/mol. The number of amides is 1. The standard InChI is InChI=1S/C16H22N6O4/c1-16(2,3)26-15(25)21-6-4-5-9(7-21)22-13-10(11(20-22)14(23)24)12(17)18-8-19-13/h8-9H,4-7H2,1-3H3,(H,23,24)(H2,17,18,19)/t9-/m1/s1. The third-order valence-electron chi connectivity index (χ3n) is 4.11. The minimum Gasteiger partial charge on any atom is -0.476 e. The van der Waals surface area contributed by atoms with Crippen LogP contribution in [-0.4, -0.2) is 60.5 Å². The van der Waals surface area contributed by atoms with E-state index in [-0.39, 0.29) is 22.9 Å². The van der Waals surface area contributed by atoms with E-state index < -0.39 is 17.7 Å². The van der Waals surface area contributed by atoms with Crippen molar-refractivity contribution in [1.29, 1.82) is 0 Å². The van der Waals surface area contributed by atoms with Crippen LogP contribution in [0.15, 0.2) is 6.33 Å². The van der Waals surface area contributed by atoms with E-state index in [1.165, 1.54) is 11.0 Å². The maximum Gasteiger partial charge on any atom is 0.410 e. The van der Waals surface area contributed by atoms with E-state index >= 15 is 0 Å². The van der Waals surface area contributed by atoms with Crippen LogP contribution in [0.5, 0.6) is 0 Å². The Kier molecular flexibility index (Phi) is 4.43. The van der Waals surface area contributed by atoms with Crippen molar-refractivity contribution in [1.82, 2.24) is 24.6 Å². The normalized spacial score (nSPS) is 18.1. The summed E-state index contributed by atoms with van der Waals surface area (Å²) >= 11 is 0. The molecule has 3 N–H and O–H groups in total. The molecule has 1 saturated heterocycles. The minimum atomic E-state index is -1.20. The zero-order chi connectivity index (χ0) is 19.1. The Morgan fingerprint density at radius 1 is 1.35 bits per heavy atom. The molecule has 0 bridgehead atoms. The second-order valence-electron chi connectivity index (χ2n) is 7.28. The van der Waals surface area contributed by atoms with Gasteiger partial charge in [-0.3, -0.25) is 0 Å². The highest BCUT2D eigenvalue weighted by Crippen LogP contribution is 2.29. The first-order valence-corrected chi connectivity index (χ1v) is 8.37. The number of aromatic carboxylic acids is 1. The first kappa shape index (κ1) is 17.9. The highest BCUT2D eigenvalue weighted by molar-refractivity contribution is 6.04. The lowest BCUT2D eigenvalue weighted by Crippen LogP contribution is -2.43. The van der Waals surface area contributed by atoms with Gasteiger partial charge in [0.15, 0.2) is 11.3 Å². The summed E-state index contributed by atoms with van der Waals surface area (Å²) in [5.41, 5.74) is 5.41. The number of nitrogens with zero attached hydrogens (tertiary/aromatic N) is 5. The Morgan fingerprint density at radius 3 is 2.73 bits per heavy atom. The molecule has 1 aliphatic rings.